The van der Waals surface area contributed by atoms with E-state index in [9.17, 15) is 5.11 Å². The number of halogens is 2. The number of hydrogen-bond donors (Lipinski definition) is 2. The van der Waals surface area contributed by atoms with Gasteiger partial charge in [0.1, 0.15) is 0 Å². The smallest absolute Gasteiger partial charge is 0.0899 e. The maximum Gasteiger partial charge on any atom is 0.0899 e. The van der Waals surface area contributed by atoms with E-state index in [-0.39, 0.29) is 5.92 Å². The average molecular weight is 310 g/mol. The molecule has 0 saturated heterocycles. The summed E-state index contributed by atoms with van der Waals surface area (Å²) >= 11 is 12.3. The van der Waals surface area contributed by atoms with Crippen molar-refractivity contribution in [2.75, 3.05) is 6.54 Å². The number of benzene rings is 2. The van der Waals surface area contributed by atoms with Gasteiger partial charge in [-0.1, -0.05) is 59.1 Å². The molecule has 3 N–H and O–H groups in total. The molecular formula is C16H17Cl2NO. The molecule has 0 saturated carbocycles. The molecule has 106 valence electrons. The molecule has 0 fully saturated rings. The van der Waals surface area contributed by atoms with Gasteiger partial charge in [-0.25, -0.2) is 0 Å². The molecule has 2 atom stereocenters. The summed E-state index contributed by atoms with van der Waals surface area (Å²) in [7, 11) is 0. The minimum absolute atomic E-state index is 0.243. The molecular weight excluding hydrogens is 293 g/mol. The molecule has 0 aromatic heterocycles. The maximum absolute atomic E-state index is 10.6. The van der Waals surface area contributed by atoms with E-state index >= 15 is 0 Å². The van der Waals surface area contributed by atoms with Crippen LogP contribution >= 0.6 is 23.2 Å². The first-order chi connectivity index (χ1) is 9.54. The summed E-state index contributed by atoms with van der Waals surface area (Å²) in [6.07, 6.45) is -0.830. The Bertz CT molecular complexity index is 563. The highest BCUT2D eigenvalue weighted by Crippen LogP contribution is 2.38. The summed E-state index contributed by atoms with van der Waals surface area (Å²) in [5.74, 6) is -0.243. The topological polar surface area (TPSA) is 46.2 Å². The first kappa shape index (κ1) is 15.3. The lowest BCUT2D eigenvalue weighted by Gasteiger charge is -2.24. The predicted octanol–water partition coefficient (Wildman–Crippen LogP) is 4.08. The second-order valence-corrected chi connectivity index (χ2v) is 5.65. The Kier molecular flexibility index (Phi) is 5.06. The van der Waals surface area contributed by atoms with Crippen LogP contribution in [0, 0.1) is 6.92 Å². The van der Waals surface area contributed by atoms with Crippen LogP contribution in [-0.4, -0.2) is 11.7 Å². The Labute approximate surface area is 129 Å². The molecule has 0 bridgehead atoms. The normalized spacial score (nSPS) is 14.1. The van der Waals surface area contributed by atoms with Crippen LogP contribution < -0.4 is 5.73 Å². The van der Waals surface area contributed by atoms with Gasteiger partial charge in [0.05, 0.1) is 6.10 Å². The van der Waals surface area contributed by atoms with E-state index in [1.54, 1.807) is 18.2 Å². The molecule has 0 amide bonds. The third-order valence-corrected chi connectivity index (χ3v) is 4.10. The molecule has 2 aromatic rings. The van der Waals surface area contributed by atoms with Crippen LogP contribution in [0.1, 0.15) is 28.7 Å². The van der Waals surface area contributed by atoms with Crippen LogP contribution in [-0.2, 0) is 0 Å². The minimum atomic E-state index is -0.830. The predicted molar refractivity (Wildman–Crippen MR) is 84.4 cm³/mol. The van der Waals surface area contributed by atoms with Crippen molar-refractivity contribution in [2.24, 2.45) is 5.73 Å². The summed E-state index contributed by atoms with van der Waals surface area (Å²) in [4.78, 5) is 0. The fourth-order valence-electron chi connectivity index (χ4n) is 2.26. The highest BCUT2D eigenvalue weighted by molar-refractivity contribution is 6.36. The zero-order valence-electron chi connectivity index (χ0n) is 11.2. The largest absolute Gasteiger partial charge is 0.388 e. The van der Waals surface area contributed by atoms with Gasteiger partial charge in [0.2, 0.25) is 0 Å². The van der Waals surface area contributed by atoms with Crippen molar-refractivity contribution in [3.8, 4) is 0 Å². The lowest BCUT2D eigenvalue weighted by Crippen LogP contribution is -2.20. The van der Waals surface area contributed by atoms with Gasteiger partial charge >= 0.3 is 0 Å². The summed E-state index contributed by atoms with van der Waals surface area (Å²) < 4.78 is 0. The van der Waals surface area contributed by atoms with Crippen LogP contribution in [0.2, 0.25) is 10.0 Å². The molecule has 2 unspecified atom stereocenters. The van der Waals surface area contributed by atoms with Crippen LogP contribution in [0.4, 0.5) is 0 Å². The lowest BCUT2D eigenvalue weighted by molar-refractivity contribution is 0.147. The van der Waals surface area contributed by atoms with E-state index in [4.69, 9.17) is 28.9 Å². The molecule has 2 rings (SSSR count). The third-order valence-electron chi connectivity index (χ3n) is 3.44. The molecule has 0 radical (unpaired) electrons. The first-order valence-corrected chi connectivity index (χ1v) is 7.18. The van der Waals surface area contributed by atoms with E-state index in [0.29, 0.717) is 22.2 Å². The molecule has 4 heteroatoms. The van der Waals surface area contributed by atoms with E-state index in [1.165, 1.54) is 0 Å². The fourth-order valence-corrected chi connectivity index (χ4v) is 2.88. The molecule has 0 aliphatic rings. The van der Waals surface area contributed by atoms with E-state index < -0.39 is 6.10 Å². The Morgan fingerprint density at radius 1 is 1.05 bits per heavy atom. The molecule has 0 aliphatic carbocycles. The third kappa shape index (κ3) is 3.15. The first-order valence-electron chi connectivity index (χ1n) is 6.43. The van der Waals surface area contributed by atoms with Gasteiger partial charge in [-0.3, -0.25) is 0 Å². The molecule has 0 heterocycles. The summed E-state index contributed by atoms with van der Waals surface area (Å²) in [6.45, 7) is 2.33. The Balaban J connectivity index is 2.39. The highest BCUT2D eigenvalue weighted by Gasteiger charge is 2.25. The maximum atomic E-state index is 10.6. The van der Waals surface area contributed by atoms with Crippen molar-refractivity contribution < 1.29 is 5.11 Å². The number of aliphatic hydroxyl groups is 1. The Hall–Kier alpha value is -1.06. The molecule has 0 aliphatic heterocycles. The summed E-state index contributed by atoms with van der Waals surface area (Å²) in [6, 6.07) is 13.1. The van der Waals surface area contributed by atoms with E-state index in [2.05, 4.69) is 0 Å². The van der Waals surface area contributed by atoms with Crippen molar-refractivity contribution in [1.82, 2.24) is 0 Å². The second kappa shape index (κ2) is 6.59. The molecule has 2 aromatic carbocycles. The number of aryl methyl sites for hydroxylation is 1. The standard InChI is InChI=1S/C16H17Cl2NO/c1-10-5-7-11(8-6-10)12(9-19)16(20)15-13(17)3-2-4-14(15)18/h2-8,12,16,20H,9,19H2,1H3. The van der Waals surface area contributed by atoms with Gasteiger partial charge in [-0.15, -0.1) is 0 Å². The van der Waals surface area contributed by atoms with Crippen molar-refractivity contribution in [3.05, 3.63) is 69.2 Å². The second-order valence-electron chi connectivity index (χ2n) is 4.83. The number of aliphatic hydroxyl groups excluding tert-OH is 1. The lowest BCUT2D eigenvalue weighted by atomic mass is 9.89. The Morgan fingerprint density at radius 2 is 1.60 bits per heavy atom. The zero-order valence-corrected chi connectivity index (χ0v) is 12.7. The van der Waals surface area contributed by atoms with Crippen molar-refractivity contribution >= 4 is 23.2 Å². The summed E-state index contributed by atoms with van der Waals surface area (Å²) in [5.41, 5.74) is 8.50. The molecule has 20 heavy (non-hydrogen) atoms. The van der Waals surface area contributed by atoms with E-state index in [1.807, 2.05) is 31.2 Å². The van der Waals surface area contributed by atoms with Crippen LogP contribution in [0.5, 0.6) is 0 Å². The van der Waals surface area contributed by atoms with Gasteiger partial charge in [0.15, 0.2) is 0 Å². The quantitative estimate of drug-likeness (QED) is 0.894. The minimum Gasteiger partial charge on any atom is -0.388 e. The number of rotatable bonds is 4. The number of nitrogens with two attached hydrogens (primary N) is 1. The van der Waals surface area contributed by atoms with Crippen LogP contribution in [0.3, 0.4) is 0 Å². The summed E-state index contributed by atoms with van der Waals surface area (Å²) in [5, 5.41) is 11.5. The number of hydrogen-bond acceptors (Lipinski definition) is 2. The molecule has 2 nitrogen and oxygen atoms in total. The van der Waals surface area contributed by atoms with Crippen LogP contribution in [0.25, 0.3) is 0 Å². The monoisotopic (exact) mass is 309 g/mol. The fraction of sp³-hybridized carbons (Fsp3) is 0.250. The highest BCUT2D eigenvalue weighted by atomic mass is 35.5. The molecule has 0 spiro atoms. The van der Waals surface area contributed by atoms with Crippen LogP contribution in [0.15, 0.2) is 42.5 Å². The van der Waals surface area contributed by atoms with Gasteiger partial charge in [0, 0.05) is 28.1 Å². The SMILES string of the molecule is Cc1ccc(C(CN)C(O)c2c(Cl)cccc2Cl)cc1. The Morgan fingerprint density at radius 3 is 2.10 bits per heavy atom. The van der Waals surface area contributed by atoms with Gasteiger partial charge < -0.3 is 10.8 Å². The van der Waals surface area contributed by atoms with Crippen molar-refractivity contribution in [3.63, 3.8) is 0 Å². The van der Waals surface area contributed by atoms with Gasteiger partial charge in [0.25, 0.3) is 0 Å². The van der Waals surface area contributed by atoms with Crippen molar-refractivity contribution in [2.45, 2.75) is 18.9 Å². The van der Waals surface area contributed by atoms with Crippen molar-refractivity contribution in [1.29, 1.82) is 0 Å². The average Bonchev–Trinajstić information content (AvgIpc) is 2.41. The van der Waals surface area contributed by atoms with E-state index in [0.717, 1.165) is 11.1 Å². The zero-order chi connectivity index (χ0) is 14.7. The van der Waals surface area contributed by atoms with Gasteiger partial charge in [-0.2, -0.15) is 0 Å². The van der Waals surface area contributed by atoms with Gasteiger partial charge in [-0.05, 0) is 24.6 Å².